The van der Waals surface area contributed by atoms with E-state index < -0.39 is 0 Å². The summed E-state index contributed by atoms with van der Waals surface area (Å²) in [5, 5.41) is 9.84. The van der Waals surface area contributed by atoms with Crippen molar-refractivity contribution in [2.75, 3.05) is 59.5 Å². The number of hydrogen-bond acceptors (Lipinski definition) is 7. The summed E-state index contributed by atoms with van der Waals surface area (Å²) in [6, 6.07) is 6.38. The lowest BCUT2D eigenvalue weighted by atomic mass is 9.96. The molecule has 0 bridgehead atoms. The largest absolute Gasteiger partial charge is 0.396 e. The van der Waals surface area contributed by atoms with E-state index in [-0.39, 0.29) is 0 Å². The number of nitrogens with zero attached hydrogens (tertiary/aromatic N) is 5. The van der Waals surface area contributed by atoms with Gasteiger partial charge in [-0.1, -0.05) is 6.07 Å². The highest BCUT2D eigenvalue weighted by Gasteiger charge is 2.33. The van der Waals surface area contributed by atoms with Gasteiger partial charge in [0.15, 0.2) is 0 Å². The second kappa shape index (κ2) is 7.63. The molecule has 1 aromatic carbocycles. The smallest absolute Gasteiger partial charge is 0.105 e. The van der Waals surface area contributed by atoms with Crippen molar-refractivity contribution in [3.8, 4) is 0 Å². The highest BCUT2D eigenvalue weighted by Crippen LogP contribution is 2.26. The zero-order valence-electron chi connectivity index (χ0n) is 14.8. The van der Waals surface area contributed by atoms with Crippen LogP contribution in [-0.4, -0.2) is 88.0 Å². The molecule has 1 N–H and O–H groups in total. The Bertz CT molecular complexity index is 700. The van der Waals surface area contributed by atoms with E-state index in [1.54, 1.807) is 0 Å². The van der Waals surface area contributed by atoms with E-state index in [0.717, 1.165) is 63.4 Å². The number of likely N-dealkylation sites (tertiary alicyclic amines) is 1. The van der Waals surface area contributed by atoms with Crippen LogP contribution in [0, 0.1) is 11.8 Å². The minimum Gasteiger partial charge on any atom is -0.396 e. The Hall–Kier alpha value is -1.12. The first-order valence-corrected chi connectivity index (χ1v) is 9.89. The van der Waals surface area contributed by atoms with Crippen molar-refractivity contribution in [2.45, 2.75) is 6.54 Å². The third-order valence-electron chi connectivity index (χ3n) is 5.70. The van der Waals surface area contributed by atoms with Crippen LogP contribution in [-0.2, 0) is 6.54 Å². The van der Waals surface area contributed by atoms with Gasteiger partial charge in [-0.2, -0.15) is 8.75 Å². The van der Waals surface area contributed by atoms with Gasteiger partial charge in [0.1, 0.15) is 11.0 Å². The van der Waals surface area contributed by atoms with Crippen LogP contribution in [0.5, 0.6) is 0 Å². The maximum atomic E-state index is 9.84. The second-order valence-electron chi connectivity index (χ2n) is 7.59. The minimum absolute atomic E-state index is 0.296. The Morgan fingerprint density at radius 2 is 1.80 bits per heavy atom. The van der Waals surface area contributed by atoms with Crippen molar-refractivity contribution in [3.63, 3.8) is 0 Å². The number of hydrogen-bond donors (Lipinski definition) is 1. The first kappa shape index (κ1) is 17.3. The van der Waals surface area contributed by atoms with Gasteiger partial charge in [-0.3, -0.25) is 4.90 Å². The van der Waals surface area contributed by atoms with Crippen LogP contribution >= 0.6 is 11.7 Å². The summed E-state index contributed by atoms with van der Waals surface area (Å²) in [5.74, 6) is 0.961. The number of aromatic nitrogens is 2. The Balaban J connectivity index is 1.36. The summed E-state index contributed by atoms with van der Waals surface area (Å²) in [6.45, 7) is 9.02. The Labute approximate surface area is 153 Å². The van der Waals surface area contributed by atoms with Gasteiger partial charge in [0, 0.05) is 59.0 Å². The van der Waals surface area contributed by atoms with Crippen molar-refractivity contribution in [3.05, 3.63) is 23.8 Å². The van der Waals surface area contributed by atoms with E-state index in [2.05, 4.69) is 48.7 Å². The highest BCUT2D eigenvalue weighted by molar-refractivity contribution is 7.00. The molecule has 0 spiro atoms. The zero-order chi connectivity index (χ0) is 17.2. The number of piperazine rings is 1. The van der Waals surface area contributed by atoms with E-state index in [4.69, 9.17) is 0 Å². The maximum Gasteiger partial charge on any atom is 0.105 e. The third-order valence-corrected chi connectivity index (χ3v) is 6.26. The van der Waals surface area contributed by atoms with Crippen molar-refractivity contribution in [2.24, 2.45) is 11.8 Å². The van der Waals surface area contributed by atoms with E-state index in [0.29, 0.717) is 18.4 Å². The van der Waals surface area contributed by atoms with Gasteiger partial charge < -0.3 is 14.9 Å². The van der Waals surface area contributed by atoms with E-state index >= 15 is 0 Å². The number of rotatable bonds is 5. The standard InChI is InChI=1S/C18H27N5OS/c1-21-4-6-22(7-5-21)10-15-11-23(12-16(15)13-24)9-14-2-3-17-18(8-14)20-25-19-17/h2-3,8,15-16,24H,4-7,9-13H2,1H3/t15-,16-/m1/s1. The monoisotopic (exact) mass is 361 g/mol. The summed E-state index contributed by atoms with van der Waals surface area (Å²) in [4.78, 5) is 7.46. The summed E-state index contributed by atoms with van der Waals surface area (Å²) in [6.07, 6.45) is 0. The molecule has 4 rings (SSSR count). The SMILES string of the molecule is CN1CCN(C[C@@H]2CN(Cc3ccc4nsnc4c3)C[C@@H]2CO)CC1. The van der Waals surface area contributed by atoms with Crippen LogP contribution in [0.15, 0.2) is 18.2 Å². The molecule has 2 aliphatic rings. The molecule has 0 saturated carbocycles. The molecule has 2 saturated heterocycles. The number of likely N-dealkylation sites (N-methyl/N-ethyl adjacent to an activating group) is 1. The van der Waals surface area contributed by atoms with Crippen LogP contribution in [0.25, 0.3) is 11.0 Å². The molecule has 7 heteroatoms. The first-order chi connectivity index (χ1) is 12.2. The normalized spacial score (nSPS) is 26.6. The quantitative estimate of drug-likeness (QED) is 0.857. The van der Waals surface area contributed by atoms with Gasteiger partial charge in [-0.05, 0) is 36.6 Å². The highest BCUT2D eigenvalue weighted by atomic mass is 32.1. The van der Waals surface area contributed by atoms with E-state index in [1.165, 1.54) is 17.3 Å². The fraction of sp³-hybridized carbons (Fsp3) is 0.667. The van der Waals surface area contributed by atoms with Gasteiger partial charge in [0.2, 0.25) is 0 Å². The molecular weight excluding hydrogens is 334 g/mol. The second-order valence-corrected chi connectivity index (χ2v) is 8.12. The van der Waals surface area contributed by atoms with Crippen LogP contribution < -0.4 is 0 Å². The van der Waals surface area contributed by atoms with Crippen molar-refractivity contribution < 1.29 is 5.11 Å². The van der Waals surface area contributed by atoms with Crippen LogP contribution in [0.1, 0.15) is 5.56 Å². The molecule has 0 unspecified atom stereocenters. The molecule has 2 aromatic rings. The number of aliphatic hydroxyl groups is 1. The average Bonchev–Trinajstić information content (AvgIpc) is 3.23. The van der Waals surface area contributed by atoms with E-state index in [1.807, 2.05) is 0 Å². The summed E-state index contributed by atoms with van der Waals surface area (Å²) in [7, 11) is 2.19. The van der Waals surface area contributed by atoms with Crippen LogP contribution in [0.3, 0.4) is 0 Å². The molecule has 0 aliphatic carbocycles. The van der Waals surface area contributed by atoms with Crippen LogP contribution in [0.2, 0.25) is 0 Å². The van der Waals surface area contributed by atoms with Crippen molar-refractivity contribution in [1.82, 2.24) is 23.4 Å². The van der Waals surface area contributed by atoms with Gasteiger partial charge in [-0.15, -0.1) is 0 Å². The lowest BCUT2D eigenvalue weighted by molar-refractivity contribution is 0.116. The Kier molecular flexibility index (Phi) is 5.28. The van der Waals surface area contributed by atoms with Gasteiger partial charge in [0.05, 0.1) is 11.7 Å². The Morgan fingerprint density at radius 1 is 1.04 bits per heavy atom. The average molecular weight is 362 g/mol. The molecule has 25 heavy (non-hydrogen) atoms. The molecule has 0 amide bonds. The molecular formula is C18H27N5OS. The summed E-state index contributed by atoms with van der Waals surface area (Å²) >= 11 is 1.27. The Morgan fingerprint density at radius 3 is 2.60 bits per heavy atom. The predicted octanol–water partition coefficient (Wildman–Crippen LogP) is 0.979. The fourth-order valence-electron chi connectivity index (χ4n) is 4.13. The summed E-state index contributed by atoms with van der Waals surface area (Å²) in [5.41, 5.74) is 3.27. The lowest BCUT2D eigenvalue weighted by Crippen LogP contribution is -2.47. The molecule has 3 heterocycles. The molecule has 2 aliphatic heterocycles. The van der Waals surface area contributed by atoms with Crippen LogP contribution in [0.4, 0.5) is 0 Å². The fourth-order valence-corrected chi connectivity index (χ4v) is 4.64. The summed E-state index contributed by atoms with van der Waals surface area (Å²) < 4.78 is 8.62. The molecule has 2 fully saturated rings. The lowest BCUT2D eigenvalue weighted by Gasteiger charge is -2.34. The number of aliphatic hydroxyl groups excluding tert-OH is 1. The van der Waals surface area contributed by atoms with Crippen molar-refractivity contribution >= 4 is 22.8 Å². The molecule has 2 atom stereocenters. The molecule has 0 radical (unpaired) electrons. The zero-order valence-corrected chi connectivity index (χ0v) is 15.7. The van der Waals surface area contributed by atoms with Crippen molar-refractivity contribution in [1.29, 1.82) is 0 Å². The number of fused-ring (bicyclic) bond motifs is 1. The molecule has 1 aromatic heterocycles. The predicted molar refractivity (Wildman–Crippen MR) is 101 cm³/mol. The van der Waals surface area contributed by atoms with Gasteiger partial charge in [0.25, 0.3) is 0 Å². The first-order valence-electron chi connectivity index (χ1n) is 9.16. The number of benzene rings is 1. The maximum absolute atomic E-state index is 9.84. The minimum atomic E-state index is 0.296. The molecule has 136 valence electrons. The molecule has 6 nitrogen and oxygen atoms in total. The topological polar surface area (TPSA) is 55.7 Å². The van der Waals surface area contributed by atoms with Gasteiger partial charge in [-0.25, -0.2) is 0 Å². The third kappa shape index (κ3) is 4.01. The van der Waals surface area contributed by atoms with Gasteiger partial charge >= 0.3 is 0 Å². The van der Waals surface area contributed by atoms with E-state index in [9.17, 15) is 5.11 Å².